The predicted octanol–water partition coefficient (Wildman–Crippen LogP) is 0.853. The molecule has 1 aromatic carbocycles. The molecule has 1 amide bonds. The average Bonchev–Trinajstić information content (AvgIpc) is 2.31. The first-order chi connectivity index (χ1) is 8.02. The summed E-state index contributed by atoms with van der Waals surface area (Å²) in [5.41, 5.74) is 1.20. The van der Waals surface area contributed by atoms with Crippen LogP contribution in [0.1, 0.15) is 5.56 Å². The number of carbonyl (C=O) groups is 2. The van der Waals surface area contributed by atoms with Gasteiger partial charge in [-0.2, -0.15) is 0 Å². The highest BCUT2D eigenvalue weighted by molar-refractivity contribution is 5.84. The lowest BCUT2D eigenvalue weighted by molar-refractivity contribution is -0.146. The standard InChI is InChI=1S/C11H13NO5/c1-17-11(16)12-8-4-2-7(3-5-8)6-9(13)10(14)15/h2-5,9,13H,6H2,1H3,(H,12,16)(H,14,15)/t9-/m1/s1. The molecule has 17 heavy (non-hydrogen) atoms. The minimum Gasteiger partial charge on any atom is -0.479 e. The molecule has 0 aromatic heterocycles. The molecule has 0 aliphatic heterocycles. The fraction of sp³-hybridized carbons (Fsp3) is 0.273. The molecule has 6 heteroatoms. The van der Waals surface area contributed by atoms with Gasteiger partial charge in [-0.15, -0.1) is 0 Å². The van der Waals surface area contributed by atoms with Crippen LogP contribution in [0, 0.1) is 0 Å². The molecule has 1 atom stereocenters. The summed E-state index contributed by atoms with van der Waals surface area (Å²) in [6.45, 7) is 0. The molecule has 0 saturated carbocycles. The summed E-state index contributed by atoms with van der Waals surface area (Å²) in [4.78, 5) is 21.3. The Morgan fingerprint density at radius 3 is 2.41 bits per heavy atom. The number of carboxylic acids is 1. The van der Waals surface area contributed by atoms with E-state index in [1.54, 1.807) is 24.3 Å². The lowest BCUT2D eigenvalue weighted by Crippen LogP contribution is -2.21. The van der Waals surface area contributed by atoms with Gasteiger partial charge in [0.05, 0.1) is 7.11 Å². The number of nitrogens with one attached hydrogen (secondary N) is 1. The second-order valence-electron chi connectivity index (χ2n) is 3.37. The summed E-state index contributed by atoms with van der Waals surface area (Å²) in [5.74, 6) is -1.26. The van der Waals surface area contributed by atoms with E-state index in [1.165, 1.54) is 7.11 Å². The Labute approximate surface area is 97.8 Å². The van der Waals surface area contributed by atoms with Crippen molar-refractivity contribution in [3.63, 3.8) is 0 Å². The summed E-state index contributed by atoms with van der Waals surface area (Å²) >= 11 is 0. The molecule has 0 spiro atoms. The van der Waals surface area contributed by atoms with Gasteiger partial charge in [0.1, 0.15) is 0 Å². The fourth-order valence-electron chi connectivity index (χ4n) is 1.20. The molecule has 0 radical (unpaired) electrons. The predicted molar refractivity (Wildman–Crippen MR) is 59.8 cm³/mol. The number of rotatable bonds is 4. The topological polar surface area (TPSA) is 95.9 Å². The van der Waals surface area contributed by atoms with Gasteiger partial charge in [0.15, 0.2) is 6.10 Å². The van der Waals surface area contributed by atoms with Crippen molar-refractivity contribution in [3.05, 3.63) is 29.8 Å². The first-order valence-electron chi connectivity index (χ1n) is 4.87. The van der Waals surface area contributed by atoms with E-state index < -0.39 is 18.2 Å². The minimum absolute atomic E-state index is 0.0217. The molecule has 6 nitrogen and oxygen atoms in total. The molecule has 3 N–H and O–H groups in total. The van der Waals surface area contributed by atoms with Crippen LogP contribution in [0.3, 0.4) is 0 Å². The number of hydrogen-bond acceptors (Lipinski definition) is 4. The van der Waals surface area contributed by atoms with E-state index in [2.05, 4.69) is 10.1 Å². The molecule has 0 fully saturated rings. The van der Waals surface area contributed by atoms with Crippen LogP contribution in [-0.4, -0.2) is 35.5 Å². The number of hydrogen-bond donors (Lipinski definition) is 3. The summed E-state index contributed by atoms with van der Waals surface area (Å²) in [5, 5.41) is 20.1. The highest BCUT2D eigenvalue weighted by Crippen LogP contribution is 2.11. The van der Waals surface area contributed by atoms with Gasteiger partial charge < -0.3 is 14.9 Å². The SMILES string of the molecule is COC(=O)Nc1ccc(C[C@@H](O)C(=O)O)cc1. The van der Waals surface area contributed by atoms with Crippen molar-refractivity contribution in [3.8, 4) is 0 Å². The number of benzene rings is 1. The lowest BCUT2D eigenvalue weighted by Gasteiger charge is -2.07. The molecule has 0 aliphatic rings. The third-order valence-electron chi connectivity index (χ3n) is 2.10. The molecule has 0 saturated heterocycles. The van der Waals surface area contributed by atoms with Gasteiger partial charge >= 0.3 is 12.1 Å². The molecular formula is C11H13NO5. The number of anilines is 1. The smallest absolute Gasteiger partial charge is 0.411 e. The third kappa shape index (κ3) is 4.12. The zero-order chi connectivity index (χ0) is 12.8. The molecule has 0 heterocycles. The Hall–Kier alpha value is -2.08. The van der Waals surface area contributed by atoms with E-state index in [0.29, 0.717) is 11.3 Å². The molecule has 1 rings (SSSR count). The van der Waals surface area contributed by atoms with Crippen LogP contribution < -0.4 is 5.32 Å². The quantitative estimate of drug-likeness (QED) is 0.724. The number of aliphatic hydroxyl groups is 1. The summed E-state index contributed by atoms with van der Waals surface area (Å²) in [7, 11) is 1.26. The zero-order valence-corrected chi connectivity index (χ0v) is 9.21. The maximum Gasteiger partial charge on any atom is 0.411 e. The summed E-state index contributed by atoms with van der Waals surface area (Å²) in [6, 6.07) is 6.44. The molecule has 0 aliphatic carbocycles. The van der Waals surface area contributed by atoms with Gasteiger partial charge in [0.25, 0.3) is 0 Å². The second kappa shape index (κ2) is 5.86. The number of aliphatic hydroxyl groups excluding tert-OH is 1. The number of amides is 1. The van der Waals surface area contributed by atoms with Crippen LogP contribution in [0.5, 0.6) is 0 Å². The maximum atomic E-state index is 10.9. The van der Waals surface area contributed by atoms with Crippen LogP contribution >= 0.6 is 0 Å². The van der Waals surface area contributed by atoms with Crippen molar-refractivity contribution in [2.75, 3.05) is 12.4 Å². The van der Waals surface area contributed by atoms with Crippen molar-refractivity contribution >= 4 is 17.7 Å². The van der Waals surface area contributed by atoms with E-state index in [1.807, 2.05) is 0 Å². The van der Waals surface area contributed by atoms with E-state index in [4.69, 9.17) is 10.2 Å². The van der Waals surface area contributed by atoms with Crippen molar-refractivity contribution < 1.29 is 24.5 Å². The highest BCUT2D eigenvalue weighted by atomic mass is 16.5. The molecule has 0 bridgehead atoms. The lowest BCUT2D eigenvalue weighted by atomic mass is 10.1. The minimum atomic E-state index is -1.42. The van der Waals surface area contributed by atoms with Gasteiger partial charge in [-0.05, 0) is 17.7 Å². The van der Waals surface area contributed by atoms with E-state index in [-0.39, 0.29) is 6.42 Å². The summed E-state index contributed by atoms with van der Waals surface area (Å²) < 4.78 is 4.41. The van der Waals surface area contributed by atoms with Crippen LogP contribution in [0.4, 0.5) is 10.5 Å². The van der Waals surface area contributed by atoms with E-state index >= 15 is 0 Å². The molecule has 0 unspecified atom stereocenters. The average molecular weight is 239 g/mol. The largest absolute Gasteiger partial charge is 0.479 e. The highest BCUT2D eigenvalue weighted by Gasteiger charge is 2.13. The van der Waals surface area contributed by atoms with E-state index in [0.717, 1.165) is 0 Å². The second-order valence-corrected chi connectivity index (χ2v) is 3.37. The van der Waals surface area contributed by atoms with Crippen LogP contribution in [0.15, 0.2) is 24.3 Å². The molecular weight excluding hydrogens is 226 g/mol. The van der Waals surface area contributed by atoms with Crippen LogP contribution in [0.2, 0.25) is 0 Å². The molecule has 92 valence electrons. The van der Waals surface area contributed by atoms with Gasteiger partial charge in [-0.3, -0.25) is 5.32 Å². The number of methoxy groups -OCH3 is 1. The third-order valence-corrected chi connectivity index (χ3v) is 2.10. The van der Waals surface area contributed by atoms with Crippen LogP contribution in [0.25, 0.3) is 0 Å². The normalized spacial score (nSPS) is 11.6. The van der Waals surface area contributed by atoms with Crippen molar-refractivity contribution in [2.24, 2.45) is 0 Å². The Morgan fingerprint density at radius 1 is 1.35 bits per heavy atom. The van der Waals surface area contributed by atoms with Crippen molar-refractivity contribution in [2.45, 2.75) is 12.5 Å². The number of ether oxygens (including phenoxy) is 1. The monoisotopic (exact) mass is 239 g/mol. The van der Waals surface area contributed by atoms with Crippen LogP contribution in [-0.2, 0) is 16.0 Å². The Bertz CT molecular complexity index is 401. The Morgan fingerprint density at radius 2 is 1.94 bits per heavy atom. The molecule has 1 aromatic rings. The van der Waals surface area contributed by atoms with Gasteiger partial charge in [-0.1, -0.05) is 12.1 Å². The maximum absolute atomic E-state index is 10.9. The Kier molecular flexibility index (Phi) is 4.47. The first-order valence-corrected chi connectivity index (χ1v) is 4.87. The van der Waals surface area contributed by atoms with Gasteiger partial charge in [0, 0.05) is 12.1 Å². The zero-order valence-electron chi connectivity index (χ0n) is 9.21. The van der Waals surface area contributed by atoms with Crippen molar-refractivity contribution in [1.82, 2.24) is 0 Å². The number of carboxylic acid groups (broad SMARTS) is 1. The summed E-state index contributed by atoms with van der Waals surface area (Å²) in [6.07, 6.45) is -1.98. The number of carbonyl (C=O) groups excluding carboxylic acids is 1. The van der Waals surface area contributed by atoms with Gasteiger partial charge in [0.2, 0.25) is 0 Å². The fourth-order valence-corrected chi connectivity index (χ4v) is 1.20. The van der Waals surface area contributed by atoms with Gasteiger partial charge in [-0.25, -0.2) is 9.59 Å². The Balaban J connectivity index is 2.62. The first kappa shape index (κ1) is 13.0. The van der Waals surface area contributed by atoms with E-state index in [9.17, 15) is 9.59 Å². The van der Waals surface area contributed by atoms with Crippen molar-refractivity contribution in [1.29, 1.82) is 0 Å². The number of aliphatic carboxylic acids is 1.